The highest BCUT2D eigenvalue weighted by molar-refractivity contribution is 5.58. The number of rotatable bonds is 5. The summed E-state index contributed by atoms with van der Waals surface area (Å²) in [5.74, 6) is 2.29. The first-order chi connectivity index (χ1) is 19.5. The normalized spacial score (nSPS) is 26.1. The molecule has 4 saturated carbocycles. The fraction of sp³-hybridized carbons (Fsp3) is 0.824. The van der Waals surface area contributed by atoms with Gasteiger partial charge in [-0.1, -0.05) is 78.6 Å². The summed E-state index contributed by atoms with van der Waals surface area (Å²) in [5.41, 5.74) is 0. The molecule has 0 aromatic rings. The van der Waals surface area contributed by atoms with Crippen molar-refractivity contribution in [3.05, 3.63) is 0 Å². The number of carbonyl (C=O) groups excluding carboxylic acids is 6. The van der Waals surface area contributed by atoms with Gasteiger partial charge in [0.25, 0.3) is 0 Å². The molecule has 4 fully saturated rings. The second-order valence-corrected chi connectivity index (χ2v) is 11.4. The van der Waals surface area contributed by atoms with Gasteiger partial charge >= 0.3 is 0 Å². The molecule has 0 saturated heterocycles. The van der Waals surface area contributed by atoms with Crippen LogP contribution >= 0.6 is 0 Å². The Morgan fingerprint density at radius 2 is 0.675 bits per heavy atom. The molecule has 0 N–H and O–H groups in total. The van der Waals surface area contributed by atoms with Crippen LogP contribution in [0.2, 0.25) is 0 Å². The average molecular weight is 565 g/mol. The highest BCUT2D eigenvalue weighted by atomic mass is 16.1. The van der Waals surface area contributed by atoms with Crippen molar-refractivity contribution in [2.75, 3.05) is 0 Å². The van der Waals surface area contributed by atoms with Crippen LogP contribution in [0.3, 0.4) is 0 Å². The summed E-state index contributed by atoms with van der Waals surface area (Å²) in [7, 11) is 0. The molecule has 4 aliphatic carbocycles. The third-order valence-electron chi connectivity index (χ3n) is 7.99. The van der Waals surface area contributed by atoms with Crippen molar-refractivity contribution in [3.8, 4) is 0 Å². The van der Waals surface area contributed by atoms with E-state index in [0.29, 0.717) is 17.8 Å². The minimum Gasteiger partial charge on any atom is -0.304 e. The van der Waals surface area contributed by atoms with Gasteiger partial charge in [0.2, 0.25) is 0 Å². The Balaban J connectivity index is 0. The third kappa shape index (κ3) is 22.8. The van der Waals surface area contributed by atoms with Crippen molar-refractivity contribution >= 4 is 37.7 Å². The lowest BCUT2D eigenvalue weighted by molar-refractivity contribution is -0.116. The molecule has 0 amide bonds. The zero-order chi connectivity index (χ0) is 30.4. The Morgan fingerprint density at radius 3 is 0.925 bits per heavy atom. The predicted octanol–water partition coefficient (Wildman–Crippen LogP) is 7.96. The van der Waals surface area contributed by atoms with Gasteiger partial charge in [-0.2, -0.15) is 0 Å². The van der Waals surface area contributed by atoms with Gasteiger partial charge in [0.05, 0.1) is 0 Å². The van der Waals surface area contributed by atoms with Crippen LogP contribution in [0.25, 0.3) is 0 Å². The molecule has 0 aliphatic heterocycles. The van der Waals surface area contributed by atoms with E-state index in [1.807, 2.05) is 13.8 Å². The van der Waals surface area contributed by atoms with Crippen LogP contribution in [0.5, 0.6) is 0 Å². The molecule has 0 aromatic heterocycles. The van der Waals surface area contributed by atoms with Crippen LogP contribution in [-0.2, 0) is 28.8 Å². The molecule has 0 heterocycles. The topological polar surface area (TPSA) is 102 Å². The van der Waals surface area contributed by atoms with Crippen LogP contribution in [0.4, 0.5) is 0 Å². The summed E-state index contributed by atoms with van der Waals surface area (Å²) < 4.78 is 0. The van der Waals surface area contributed by atoms with E-state index in [0.717, 1.165) is 108 Å². The largest absolute Gasteiger partial charge is 0.304 e. The number of hydrogen-bond acceptors (Lipinski definition) is 6. The first-order valence-corrected chi connectivity index (χ1v) is 16.1. The second-order valence-electron chi connectivity index (χ2n) is 11.4. The molecule has 0 spiro atoms. The summed E-state index contributed by atoms with van der Waals surface area (Å²) >= 11 is 0. The van der Waals surface area contributed by atoms with E-state index < -0.39 is 0 Å². The Morgan fingerprint density at radius 1 is 0.400 bits per heavy atom. The summed E-state index contributed by atoms with van der Waals surface area (Å²) in [5, 5.41) is 0. The third-order valence-corrected chi connectivity index (χ3v) is 7.99. The molecular weight excluding hydrogens is 504 g/mol. The summed E-state index contributed by atoms with van der Waals surface area (Å²) in [6.07, 6.45) is 27.0. The predicted molar refractivity (Wildman–Crippen MR) is 163 cm³/mol. The van der Waals surface area contributed by atoms with Gasteiger partial charge in [0.1, 0.15) is 37.7 Å². The van der Waals surface area contributed by atoms with E-state index in [1.54, 1.807) is 0 Å². The lowest BCUT2D eigenvalue weighted by atomic mass is 9.83. The first kappa shape index (κ1) is 40.2. The summed E-state index contributed by atoms with van der Waals surface area (Å²) in [6.45, 7) is 7.68. The monoisotopic (exact) mass is 564 g/mol. The van der Waals surface area contributed by atoms with Crippen LogP contribution in [-0.4, -0.2) is 37.7 Å². The van der Waals surface area contributed by atoms with Crippen molar-refractivity contribution in [2.45, 2.75) is 143 Å². The molecule has 0 bridgehead atoms. The van der Waals surface area contributed by atoms with Crippen molar-refractivity contribution in [1.29, 1.82) is 0 Å². The Bertz CT molecular complexity index is 586. The molecule has 4 aliphatic rings. The molecule has 4 unspecified atom stereocenters. The van der Waals surface area contributed by atoms with E-state index in [1.165, 1.54) is 58.3 Å². The van der Waals surface area contributed by atoms with Gasteiger partial charge in [-0.05, 0) is 70.6 Å². The molecule has 232 valence electrons. The second kappa shape index (κ2) is 30.0. The van der Waals surface area contributed by atoms with Gasteiger partial charge < -0.3 is 28.8 Å². The SMILES string of the molecule is CC.CC1CCCC(C=O)C1.CC=O.O=CC1CCCC(C=O)C1.O=CC1CCCCC1.O=CC1CCCCC1. The van der Waals surface area contributed by atoms with E-state index in [9.17, 15) is 24.0 Å². The molecule has 40 heavy (non-hydrogen) atoms. The molecule has 6 nitrogen and oxygen atoms in total. The van der Waals surface area contributed by atoms with E-state index in [2.05, 4.69) is 6.92 Å². The average Bonchev–Trinajstić information content (AvgIpc) is 3.04. The lowest BCUT2D eigenvalue weighted by Gasteiger charge is -2.21. The van der Waals surface area contributed by atoms with Gasteiger partial charge in [0, 0.05) is 29.6 Å². The molecule has 4 atom stereocenters. The van der Waals surface area contributed by atoms with Crippen molar-refractivity contribution in [2.24, 2.45) is 35.5 Å². The fourth-order valence-electron chi connectivity index (χ4n) is 5.66. The van der Waals surface area contributed by atoms with Crippen LogP contribution in [0.1, 0.15) is 143 Å². The highest BCUT2D eigenvalue weighted by Gasteiger charge is 2.20. The van der Waals surface area contributed by atoms with E-state index in [4.69, 9.17) is 4.79 Å². The molecule has 6 heteroatoms. The number of hydrogen-bond donors (Lipinski definition) is 0. The Hall–Kier alpha value is -1.98. The van der Waals surface area contributed by atoms with E-state index in [-0.39, 0.29) is 11.8 Å². The van der Waals surface area contributed by atoms with Gasteiger partial charge in [0.15, 0.2) is 0 Å². The number of carbonyl (C=O) groups is 6. The van der Waals surface area contributed by atoms with Gasteiger partial charge in [-0.15, -0.1) is 0 Å². The molecule has 0 radical (unpaired) electrons. The van der Waals surface area contributed by atoms with Crippen molar-refractivity contribution in [3.63, 3.8) is 0 Å². The minimum absolute atomic E-state index is 0.156. The molecule has 0 aromatic carbocycles. The Labute approximate surface area is 245 Å². The fourth-order valence-corrected chi connectivity index (χ4v) is 5.66. The quantitative estimate of drug-likeness (QED) is 0.314. The van der Waals surface area contributed by atoms with Gasteiger partial charge in [-0.3, -0.25) is 0 Å². The van der Waals surface area contributed by atoms with Gasteiger partial charge in [-0.25, -0.2) is 0 Å². The Kier molecular flexibility index (Phi) is 30.1. The maximum Gasteiger partial charge on any atom is 0.123 e. The number of aldehydes is 6. The molecular formula is C34H60O6. The van der Waals surface area contributed by atoms with Crippen LogP contribution < -0.4 is 0 Å². The maximum absolute atomic E-state index is 10.3. The standard InChI is InChI=1S/C8H12O2.C8H14O.2C7H12O.C2H4O.C2H6/c9-5-7-2-1-3-8(4-7)6-10;1-7-3-2-4-8(5-7)6-9;2*8-6-7-4-2-1-3-5-7;1-2-3;1-2/h5-8H,1-4H2;6-8H,2-5H2,1H3;2*6-7H,1-5H2;2H,1H3;1-2H3. The van der Waals surface area contributed by atoms with Crippen molar-refractivity contribution in [1.82, 2.24) is 0 Å². The molecule has 4 rings (SSSR count). The van der Waals surface area contributed by atoms with Crippen LogP contribution in [0.15, 0.2) is 0 Å². The summed E-state index contributed by atoms with van der Waals surface area (Å²) in [4.78, 5) is 60.0. The van der Waals surface area contributed by atoms with E-state index >= 15 is 0 Å². The zero-order valence-corrected chi connectivity index (χ0v) is 26.1. The minimum atomic E-state index is 0.156. The smallest absolute Gasteiger partial charge is 0.123 e. The first-order valence-electron chi connectivity index (χ1n) is 16.1. The highest BCUT2D eigenvalue weighted by Crippen LogP contribution is 2.27. The van der Waals surface area contributed by atoms with Crippen LogP contribution in [0, 0.1) is 35.5 Å². The maximum atomic E-state index is 10.3. The summed E-state index contributed by atoms with van der Waals surface area (Å²) in [6, 6.07) is 0. The van der Waals surface area contributed by atoms with Crippen molar-refractivity contribution < 1.29 is 28.8 Å². The zero-order valence-electron chi connectivity index (χ0n) is 26.1. The lowest BCUT2D eigenvalue weighted by Crippen LogP contribution is -2.17.